The molecular formula is C21H26N2O6S. The zero-order chi connectivity index (χ0) is 22.1. The summed E-state index contributed by atoms with van der Waals surface area (Å²) >= 11 is 0. The Bertz CT molecular complexity index is 1080. The van der Waals surface area contributed by atoms with Crippen molar-refractivity contribution in [3.05, 3.63) is 58.5 Å². The Hall–Kier alpha value is -2.49. The Balaban J connectivity index is 1.84. The lowest BCUT2D eigenvalue weighted by molar-refractivity contribution is -0.119. The number of nitrogens with one attached hydrogen (secondary N) is 1. The largest absolute Gasteiger partial charge is 0.393 e. The molecule has 1 heterocycles. The Morgan fingerprint density at radius 3 is 2.37 bits per heavy atom. The van der Waals surface area contributed by atoms with Crippen LogP contribution in [0.5, 0.6) is 0 Å². The topological polar surface area (TPSA) is 126 Å². The second-order valence-electron chi connectivity index (χ2n) is 7.78. The molecule has 1 atom stereocenters. The number of aromatic nitrogens is 1. The molecule has 0 saturated heterocycles. The van der Waals surface area contributed by atoms with E-state index in [1.165, 1.54) is 18.3 Å². The van der Waals surface area contributed by atoms with Crippen molar-refractivity contribution < 1.29 is 23.4 Å². The minimum absolute atomic E-state index is 0.0149. The smallest absolute Gasteiger partial charge is 0.285 e. The summed E-state index contributed by atoms with van der Waals surface area (Å²) in [5.41, 5.74) is 1.73. The summed E-state index contributed by atoms with van der Waals surface area (Å²) in [5.74, 6) is -0.410. The number of nitrogens with zero attached hydrogens (tertiary/aromatic N) is 1. The highest BCUT2D eigenvalue weighted by Gasteiger charge is 2.40. The molecule has 0 radical (unpaired) electrons. The van der Waals surface area contributed by atoms with Crippen molar-refractivity contribution in [2.24, 2.45) is 0 Å². The number of sulfonamides is 1. The zero-order valence-electron chi connectivity index (χ0n) is 16.9. The molecule has 1 fully saturated rings. The van der Waals surface area contributed by atoms with Crippen LogP contribution < -0.4 is 10.3 Å². The molecular weight excluding hydrogens is 408 g/mol. The number of hydrogen-bond acceptors (Lipinski definition) is 6. The first-order valence-corrected chi connectivity index (χ1v) is 11.3. The highest BCUT2D eigenvalue weighted by atomic mass is 32.2. The van der Waals surface area contributed by atoms with Crippen LogP contribution in [0.2, 0.25) is 0 Å². The second-order valence-corrected chi connectivity index (χ2v) is 9.76. The normalized spacial score (nSPS) is 20.8. The summed E-state index contributed by atoms with van der Waals surface area (Å²) < 4.78 is 27.4. The van der Waals surface area contributed by atoms with Crippen molar-refractivity contribution in [2.75, 3.05) is 0 Å². The van der Waals surface area contributed by atoms with Gasteiger partial charge in [-0.25, -0.2) is 13.1 Å². The van der Waals surface area contributed by atoms with Crippen LogP contribution in [-0.4, -0.2) is 35.2 Å². The molecule has 0 unspecified atom stereocenters. The fraction of sp³-hybridized carbons (Fsp3) is 0.429. The van der Waals surface area contributed by atoms with Crippen LogP contribution in [0.3, 0.4) is 0 Å². The van der Waals surface area contributed by atoms with Crippen molar-refractivity contribution in [3.63, 3.8) is 0 Å². The number of carbonyl (C=O) groups is 1. The molecule has 30 heavy (non-hydrogen) atoms. The molecule has 9 heteroatoms. The van der Waals surface area contributed by atoms with Crippen molar-refractivity contribution in [1.29, 1.82) is 0 Å². The summed E-state index contributed by atoms with van der Waals surface area (Å²) in [7, 11) is -4.55. The highest BCUT2D eigenvalue weighted by molar-refractivity contribution is 7.90. The van der Waals surface area contributed by atoms with Crippen LogP contribution in [-0.2, 0) is 19.9 Å². The molecule has 1 saturated carbocycles. The molecule has 3 rings (SSSR count). The third kappa shape index (κ3) is 4.33. The van der Waals surface area contributed by atoms with E-state index in [9.17, 15) is 28.2 Å². The predicted molar refractivity (Wildman–Crippen MR) is 112 cm³/mol. The van der Waals surface area contributed by atoms with Gasteiger partial charge in [0.1, 0.15) is 0 Å². The maximum atomic E-state index is 12.6. The molecule has 0 aliphatic heterocycles. The lowest BCUT2D eigenvalue weighted by atomic mass is 9.77. The van der Waals surface area contributed by atoms with E-state index in [1.54, 1.807) is 11.6 Å². The van der Waals surface area contributed by atoms with Gasteiger partial charge in [0.15, 0.2) is 0 Å². The number of aliphatic hydroxyl groups excluding tert-OH is 1. The van der Waals surface area contributed by atoms with Gasteiger partial charge in [0.25, 0.3) is 20.6 Å². The van der Waals surface area contributed by atoms with Crippen LogP contribution in [0.25, 0.3) is 11.1 Å². The summed E-state index contributed by atoms with van der Waals surface area (Å²) in [6.45, 7) is 2.66. The Labute approximate surface area is 175 Å². The molecule has 1 aromatic heterocycles. The number of carbonyl (C=O) groups excluding carboxylic acids is 1. The minimum atomic E-state index is -4.55. The molecule has 2 aromatic rings. The van der Waals surface area contributed by atoms with Gasteiger partial charge in [-0.15, -0.1) is 0 Å². The second kappa shape index (κ2) is 8.33. The molecule has 162 valence electrons. The number of rotatable bonds is 7. The SMILES string of the molecule is CCCC(=O)NS(=O)(=O)[C@@](C)(O)n1ccc(-c2ccc(C3CC(O)C3)cc2)cc1=O. The number of aliphatic hydroxyl groups is 2. The highest BCUT2D eigenvalue weighted by Crippen LogP contribution is 2.37. The van der Waals surface area contributed by atoms with Crippen LogP contribution in [0.1, 0.15) is 51.0 Å². The monoisotopic (exact) mass is 434 g/mol. The molecule has 1 amide bonds. The van der Waals surface area contributed by atoms with E-state index in [2.05, 4.69) is 0 Å². The Morgan fingerprint density at radius 1 is 1.20 bits per heavy atom. The van der Waals surface area contributed by atoms with Crippen molar-refractivity contribution >= 4 is 15.9 Å². The van der Waals surface area contributed by atoms with Gasteiger partial charge < -0.3 is 10.2 Å². The molecule has 3 N–H and O–H groups in total. The van der Waals surface area contributed by atoms with E-state index in [-0.39, 0.29) is 12.5 Å². The molecule has 1 aliphatic rings. The number of benzene rings is 1. The molecule has 1 aliphatic carbocycles. The van der Waals surface area contributed by atoms with Crippen LogP contribution in [0.15, 0.2) is 47.4 Å². The van der Waals surface area contributed by atoms with Crippen LogP contribution >= 0.6 is 0 Å². The van der Waals surface area contributed by atoms with E-state index < -0.39 is 26.5 Å². The van der Waals surface area contributed by atoms with Gasteiger partial charge in [-0.3, -0.25) is 14.2 Å². The fourth-order valence-electron chi connectivity index (χ4n) is 3.46. The third-order valence-electron chi connectivity index (χ3n) is 5.43. The first kappa shape index (κ1) is 22.2. The summed E-state index contributed by atoms with van der Waals surface area (Å²) in [6, 6.07) is 10.4. The standard InChI is InChI=1S/C21H26N2O6S/c1-3-4-19(25)22-30(28,29)21(2,27)23-10-9-16(13-20(23)26)14-5-7-15(8-6-14)17-11-18(24)12-17/h5-10,13,17-18,24,27H,3-4,11-12H2,1-2H3,(H,22,25)/t17?,18?,21-/m1/s1. The van der Waals surface area contributed by atoms with Crippen molar-refractivity contribution in [3.8, 4) is 11.1 Å². The number of pyridine rings is 1. The quantitative estimate of drug-likeness (QED) is 0.608. The average Bonchev–Trinajstić information content (AvgIpc) is 2.65. The third-order valence-corrected chi connectivity index (χ3v) is 7.14. The van der Waals surface area contributed by atoms with Gasteiger partial charge in [0.2, 0.25) is 5.91 Å². The Morgan fingerprint density at radius 2 is 1.83 bits per heavy atom. The molecule has 8 nitrogen and oxygen atoms in total. The summed E-state index contributed by atoms with van der Waals surface area (Å²) in [4.78, 5) is 24.3. The predicted octanol–water partition coefficient (Wildman–Crippen LogP) is 1.62. The molecule has 1 aromatic carbocycles. The van der Waals surface area contributed by atoms with Crippen LogP contribution in [0, 0.1) is 0 Å². The first-order valence-electron chi connectivity index (χ1n) is 9.84. The van der Waals surface area contributed by atoms with E-state index in [1.807, 2.05) is 24.3 Å². The zero-order valence-corrected chi connectivity index (χ0v) is 17.7. The molecule has 0 spiro atoms. The van der Waals surface area contributed by atoms with Gasteiger partial charge in [0, 0.05) is 25.6 Å². The van der Waals surface area contributed by atoms with Gasteiger partial charge in [-0.1, -0.05) is 31.2 Å². The van der Waals surface area contributed by atoms with Gasteiger partial charge >= 0.3 is 0 Å². The van der Waals surface area contributed by atoms with E-state index in [0.29, 0.717) is 22.5 Å². The minimum Gasteiger partial charge on any atom is -0.393 e. The maximum Gasteiger partial charge on any atom is 0.285 e. The fourth-order valence-corrected chi connectivity index (χ4v) is 4.47. The summed E-state index contributed by atoms with van der Waals surface area (Å²) in [5, 5.41) is 17.4. The van der Waals surface area contributed by atoms with E-state index in [0.717, 1.165) is 30.9 Å². The van der Waals surface area contributed by atoms with E-state index >= 15 is 0 Å². The lowest BCUT2D eigenvalue weighted by Crippen LogP contribution is -2.51. The lowest BCUT2D eigenvalue weighted by Gasteiger charge is -2.31. The maximum absolute atomic E-state index is 12.6. The first-order chi connectivity index (χ1) is 14.0. The van der Waals surface area contributed by atoms with Gasteiger partial charge in [-0.05, 0) is 47.9 Å². The number of hydrogen-bond donors (Lipinski definition) is 3. The van der Waals surface area contributed by atoms with Crippen molar-refractivity contribution in [2.45, 2.75) is 56.6 Å². The average molecular weight is 435 g/mol. The van der Waals surface area contributed by atoms with Crippen molar-refractivity contribution in [1.82, 2.24) is 9.29 Å². The molecule has 0 bridgehead atoms. The van der Waals surface area contributed by atoms with Crippen LogP contribution in [0.4, 0.5) is 0 Å². The summed E-state index contributed by atoms with van der Waals surface area (Å²) in [6.07, 6.45) is 2.87. The van der Waals surface area contributed by atoms with Gasteiger partial charge in [0.05, 0.1) is 6.10 Å². The number of amides is 1. The van der Waals surface area contributed by atoms with Gasteiger partial charge in [-0.2, -0.15) is 0 Å². The Kier molecular flexibility index (Phi) is 6.16. The van der Waals surface area contributed by atoms with E-state index in [4.69, 9.17) is 0 Å².